The Hall–Kier alpha value is -1.71. The molecule has 2 amide bonds. The van der Waals surface area contributed by atoms with E-state index in [1.165, 1.54) is 24.3 Å². The van der Waals surface area contributed by atoms with Crippen molar-refractivity contribution in [3.63, 3.8) is 0 Å². The number of carbonyl (C=O) groups excluding carboxylic acids is 2. The topological polar surface area (TPSA) is 37.4 Å². The van der Waals surface area contributed by atoms with Crippen LogP contribution in [0.2, 0.25) is 0 Å². The monoisotopic (exact) mass is 221 g/mol. The quantitative estimate of drug-likeness (QED) is 0.681. The van der Waals surface area contributed by atoms with Crippen LogP contribution in [-0.2, 0) is 9.59 Å². The maximum Gasteiger partial charge on any atom is 0.234 e. The molecule has 1 aromatic carbocycles. The second-order valence-electron chi connectivity index (χ2n) is 4.11. The molecule has 1 aliphatic heterocycles. The molecule has 3 nitrogen and oxygen atoms in total. The third-order valence-electron chi connectivity index (χ3n) is 2.63. The highest BCUT2D eigenvalue weighted by Crippen LogP contribution is 2.25. The van der Waals surface area contributed by atoms with Gasteiger partial charge in [-0.25, -0.2) is 4.39 Å². The predicted molar refractivity (Wildman–Crippen MR) is 57.3 cm³/mol. The van der Waals surface area contributed by atoms with Gasteiger partial charge in [0.2, 0.25) is 11.8 Å². The highest BCUT2D eigenvalue weighted by atomic mass is 19.1. The van der Waals surface area contributed by atoms with Gasteiger partial charge >= 0.3 is 0 Å². The van der Waals surface area contributed by atoms with Crippen LogP contribution in [0.4, 0.5) is 10.1 Å². The number of hydrogen-bond donors (Lipinski definition) is 0. The lowest BCUT2D eigenvalue weighted by Gasteiger charge is -2.28. The van der Waals surface area contributed by atoms with E-state index in [0.717, 1.165) is 4.90 Å². The second kappa shape index (κ2) is 4.04. The number of imide groups is 1. The summed E-state index contributed by atoms with van der Waals surface area (Å²) in [6, 6.07) is 5.38. The molecule has 16 heavy (non-hydrogen) atoms. The van der Waals surface area contributed by atoms with E-state index >= 15 is 0 Å². The van der Waals surface area contributed by atoms with Gasteiger partial charge in [0, 0.05) is 12.8 Å². The average molecular weight is 221 g/mol. The molecule has 0 unspecified atom stereocenters. The summed E-state index contributed by atoms with van der Waals surface area (Å²) in [5, 5.41) is 0. The van der Waals surface area contributed by atoms with E-state index in [4.69, 9.17) is 0 Å². The molecule has 0 aliphatic carbocycles. The Kier molecular flexibility index (Phi) is 2.73. The van der Waals surface area contributed by atoms with Gasteiger partial charge in [0.25, 0.3) is 0 Å². The van der Waals surface area contributed by atoms with Crippen LogP contribution in [-0.4, -0.2) is 11.8 Å². The number of nitrogens with zero attached hydrogens (tertiary/aromatic N) is 1. The lowest BCUT2D eigenvalue weighted by molar-refractivity contribution is -0.130. The minimum atomic E-state index is -0.381. The molecule has 0 bridgehead atoms. The predicted octanol–water partition coefficient (Wildman–Crippen LogP) is 2.12. The van der Waals surface area contributed by atoms with Crippen LogP contribution in [0.1, 0.15) is 19.8 Å². The zero-order valence-electron chi connectivity index (χ0n) is 8.94. The van der Waals surface area contributed by atoms with Crippen LogP contribution in [0.15, 0.2) is 24.3 Å². The molecule has 0 radical (unpaired) electrons. The Morgan fingerprint density at radius 2 is 1.62 bits per heavy atom. The molecule has 0 spiro atoms. The van der Waals surface area contributed by atoms with Gasteiger partial charge in [0.1, 0.15) is 5.82 Å². The standard InChI is InChI=1S/C12H12FNO2/c1-8-6-11(15)14(12(16)7-8)10-4-2-9(13)3-5-10/h2-5,8H,6-7H2,1H3. The molecular formula is C12H12FNO2. The number of rotatable bonds is 1. The smallest absolute Gasteiger partial charge is 0.234 e. The Morgan fingerprint density at radius 3 is 2.12 bits per heavy atom. The summed E-state index contributed by atoms with van der Waals surface area (Å²) in [5.41, 5.74) is 0.448. The number of hydrogen-bond acceptors (Lipinski definition) is 2. The molecular weight excluding hydrogens is 209 g/mol. The first-order valence-corrected chi connectivity index (χ1v) is 5.19. The third-order valence-corrected chi connectivity index (χ3v) is 2.63. The fraction of sp³-hybridized carbons (Fsp3) is 0.333. The van der Waals surface area contributed by atoms with Crippen LogP contribution < -0.4 is 4.90 Å². The first-order valence-electron chi connectivity index (χ1n) is 5.19. The summed E-state index contributed by atoms with van der Waals surface area (Å²) in [5.74, 6) is -0.712. The van der Waals surface area contributed by atoms with Crippen molar-refractivity contribution in [1.29, 1.82) is 0 Å². The van der Waals surface area contributed by atoms with Gasteiger partial charge in [-0.15, -0.1) is 0 Å². The molecule has 2 rings (SSSR count). The molecule has 1 aromatic rings. The van der Waals surface area contributed by atoms with Crippen LogP contribution >= 0.6 is 0 Å². The minimum Gasteiger partial charge on any atom is -0.274 e. The normalized spacial score (nSPS) is 18.0. The number of anilines is 1. The fourth-order valence-corrected chi connectivity index (χ4v) is 1.87. The maximum atomic E-state index is 12.7. The summed E-state index contributed by atoms with van der Waals surface area (Å²) in [4.78, 5) is 24.6. The van der Waals surface area contributed by atoms with Gasteiger partial charge in [-0.2, -0.15) is 0 Å². The molecule has 84 valence electrons. The van der Waals surface area contributed by atoms with Crippen molar-refractivity contribution in [3.8, 4) is 0 Å². The largest absolute Gasteiger partial charge is 0.274 e. The molecule has 1 saturated heterocycles. The van der Waals surface area contributed by atoms with Crippen molar-refractivity contribution >= 4 is 17.5 Å². The van der Waals surface area contributed by atoms with Crippen LogP contribution in [0, 0.1) is 11.7 Å². The highest BCUT2D eigenvalue weighted by molar-refractivity contribution is 6.16. The van der Waals surface area contributed by atoms with Crippen molar-refractivity contribution in [3.05, 3.63) is 30.1 Å². The van der Waals surface area contributed by atoms with E-state index in [1.807, 2.05) is 6.92 Å². The summed E-state index contributed by atoms with van der Waals surface area (Å²) >= 11 is 0. The van der Waals surface area contributed by atoms with E-state index in [9.17, 15) is 14.0 Å². The van der Waals surface area contributed by atoms with E-state index < -0.39 is 0 Å². The van der Waals surface area contributed by atoms with E-state index in [2.05, 4.69) is 0 Å². The lowest BCUT2D eigenvalue weighted by atomic mass is 9.97. The zero-order chi connectivity index (χ0) is 11.7. The first-order chi connectivity index (χ1) is 7.58. The Labute approximate surface area is 92.9 Å². The van der Waals surface area contributed by atoms with E-state index in [0.29, 0.717) is 18.5 Å². The number of carbonyl (C=O) groups is 2. The van der Waals surface area contributed by atoms with Crippen molar-refractivity contribution in [2.45, 2.75) is 19.8 Å². The molecule has 0 N–H and O–H groups in total. The molecule has 0 saturated carbocycles. The molecule has 1 fully saturated rings. The van der Waals surface area contributed by atoms with Gasteiger partial charge in [-0.05, 0) is 30.2 Å². The lowest BCUT2D eigenvalue weighted by Crippen LogP contribution is -2.42. The number of benzene rings is 1. The van der Waals surface area contributed by atoms with Crippen molar-refractivity contribution < 1.29 is 14.0 Å². The summed E-state index contributed by atoms with van der Waals surface area (Å²) < 4.78 is 12.7. The van der Waals surface area contributed by atoms with Gasteiger partial charge < -0.3 is 0 Å². The Balaban J connectivity index is 2.29. The van der Waals surface area contributed by atoms with Crippen molar-refractivity contribution in [2.24, 2.45) is 5.92 Å². The van der Waals surface area contributed by atoms with Crippen molar-refractivity contribution in [1.82, 2.24) is 0 Å². The Bertz CT molecular complexity index is 409. The molecule has 1 heterocycles. The molecule has 1 aliphatic rings. The van der Waals surface area contributed by atoms with Crippen LogP contribution in [0.25, 0.3) is 0 Å². The van der Waals surface area contributed by atoms with Gasteiger partial charge in [0.15, 0.2) is 0 Å². The molecule has 4 heteroatoms. The minimum absolute atomic E-state index is 0.0942. The van der Waals surface area contributed by atoms with Gasteiger partial charge in [0.05, 0.1) is 5.69 Å². The third kappa shape index (κ3) is 1.96. The maximum absolute atomic E-state index is 12.7. The summed E-state index contributed by atoms with van der Waals surface area (Å²) in [6.45, 7) is 1.87. The van der Waals surface area contributed by atoms with Gasteiger partial charge in [-0.3, -0.25) is 14.5 Å². The second-order valence-corrected chi connectivity index (χ2v) is 4.11. The van der Waals surface area contributed by atoms with Crippen LogP contribution in [0.3, 0.4) is 0 Å². The summed E-state index contributed by atoms with van der Waals surface area (Å²) in [6.07, 6.45) is 0.728. The number of amides is 2. The van der Waals surface area contributed by atoms with Crippen LogP contribution in [0.5, 0.6) is 0 Å². The van der Waals surface area contributed by atoms with Gasteiger partial charge in [-0.1, -0.05) is 6.92 Å². The van der Waals surface area contributed by atoms with Crippen molar-refractivity contribution in [2.75, 3.05) is 4.90 Å². The first kappa shape index (κ1) is 10.8. The van der Waals surface area contributed by atoms with E-state index in [1.54, 1.807) is 0 Å². The Morgan fingerprint density at radius 1 is 1.12 bits per heavy atom. The highest BCUT2D eigenvalue weighted by Gasteiger charge is 2.31. The number of halogens is 1. The molecule has 0 atom stereocenters. The summed E-state index contributed by atoms with van der Waals surface area (Å²) in [7, 11) is 0. The average Bonchev–Trinajstić information content (AvgIpc) is 2.19. The zero-order valence-corrected chi connectivity index (χ0v) is 8.94. The number of piperidine rings is 1. The molecule has 0 aromatic heterocycles. The fourth-order valence-electron chi connectivity index (χ4n) is 1.87. The van der Waals surface area contributed by atoms with E-state index in [-0.39, 0.29) is 23.5 Å². The SMILES string of the molecule is CC1CC(=O)N(c2ccc(F)cc2)C(=O)C1.